The second-order valence-corrected chi connectivity index (χ2v) is 13.6. The molecule has 0 unspecified atom stereocenters. The van der Waals surface area contributed by atoms with E-state index in [9.17, 15) is 18.7 Å². The van der Waals surface area contributed by atoms with Crippen LogP contribution >= 0.6 is 23.2 Å². The minimum absolute atomic E-state index is 0.00368. The van der Waals surface area contributed by atoms with Crippen LogP contribution in [0.3, 0.4) is 0 Å². The Balaban J connectivity index is 0.000000221. The topological polar surface area (TPSA) is 118 Å². The highest BCUT2D eigenvalue weighted by atomic mass is 35.5. The molecule has 51 heavy (non-hydrogen) atoms. The third-order valence-electron chi connectivity index (χ3n) is 9.06. The summed E-state index contributed by atoms with van der Waals surface area (Å²) in [5.74, 6) is -1.56. The van der Waals surface area contributed by atoms with E-state index >= 15 is 0 Å². The smallest absolute Gasteiger partial charge is 0.333 e. The standard InChI is InChI=1S/C24H20ClF2N3O4.C14H20ClNO/c25-23-18(27)6-5-17(26)22(23)19-8-15(34-30-19)11-33-14-3-1-12(2-4-14)16-7-13-9-28-10-20(29-13)21(16)24(31)32;1-17-8-2-3-11-4-7-14(15)12(9-11)10-16-13-5-6-13/h1-6,8,13,20,28-29H,7,9-11H2,(H,31,32);4,7,9,13,16H,2-3,5-6,8,10H2,1H3/t13-,20-;/m1./s1. The fourth-order valence-corrected chi connectivity index (χ4v) is 6.72. The van der Waals surface area contributed by atoms with Crippen LogP contribution in [-0.4, -0.2) is 61.2 Å². The first-order valence-electron chi connectivity index (χ1n) is 17.0. The largest absolute Gasteiger partial charge is 0.486 e. The van der Waals surface area contributed by atoms with Crippen molar-refractivity contribution in [1.82, 2.24) is 21.1 Å². The first-order valence-corrected chi connectivity index (χ1v) is 17.7. The summed E-state index contributed by atoms with van der Waals surface area (Å²) in [4.78, 5) is 11.9. The maximum atomic E-state index is 14.1. The van der Waals surface area contributed by atoms with Crippen molar-refractivity contribution in [3.05, 3.63) is 110 Å². The number of benzene rings is 3. The van der Waals surface area contributed by atoms with Gasteiger partial charge in [0, 0.05) is 56.5 Å². The van der Waals surface area contributed by atoms with E-state index < -0.39 is 17.6 Å². The summed E-state index contributed by atoms with van der Waals surface area (Å²) in [5.41, 5.74) is 4.49. The lowest BCUT2D eigenvalue weighted by Crippen LogP contribution is -2.58. The fraction of sp³-hybridized carbons (Fsp3) is 0.368. The number of halogens is 4. The van der Waals surface area contributed by atoms with Gasteiger partial charge in [0.2, 0.25) is 0 Å². The Hall–Kier alpha value is -3.84. The van der Waals surface area contributed by atoms with Crippen LogP contribution in [0, 0.1) is 11.6 Å². The molecule has 1 aliphatic carbocycles. The van der Waals surface area contributed by atoms with Crippen molar-refractivity contribution in [3.63, 3.8) is 0 Å². The number of carboxylic acids is 1. The van der Waals surface area contributed by atoms with Crippen molar-refractivity contribution < 1.29 is 32.7 Å². The van der Waals surface area contributed by atoms with E-state index in [2.05, 4.69) is 33.2 Å². The molecular formula is C38H40Cl2F2N4O5. The van der Waals surface area contributed by atoms with Gasteiger partial charge in [-0.3, -0.25) is 0 Å². The molecule has 2 atom stereocenters. The molecule has 13 heteroatoms. The molecule has 0 spiro atoms. The van der Waals surface area contributed by atoms with Crippen LogP contribution in [0.5, 0.6) is 5.75 Å². The molecular weight excluding hydrogens is 701 g/mol. The number of methoxy groups -OCH3 is 1. The Labute approximate surface area is 305 Å². The maximum Gasteiger partial charge on any atom is 0.333 e. The number of nitrogens with one attached hydrogen (secondary N) is 3. The monoisotopic (exact) mass is 740 g/mol. The van der Waals surface area contributed by atoms with E-state index in [1.54, 1.807) is 19.2 Å². The number of carboxylic acid groups (broad SMARTS) is 1. The predicted octanol–water partition coefficient (Wildman–Crippen LogP) is 7.20. The highest BCUT2D eigenvalue weighted by Crippen LogP contribution is 2.34. The molecule has 9 nitrogen and oxygen atoms in total. The molecule has 3 heterocycles. The third kappa shape index (κ3) is 9.54. The molecule has 0 amide bonds. The molecule has 1 aromatic heterocycles. The molecule has 1 saturated carbocycles. The van der Waals surface area contributed by atoms with E-state index in [1.165, 1.54) is 30.0 Å². The van der Waals surface area contributed by atoms with Crippen molar-refractivity contribution in [1.29, 1.82) is 0 Å². The van der Waals surface area contributed by atoms with Crippen molar-refractivity contribution >= 4 is 34.7 Å². The zero-order valence-electron chi connectivity index (χ0n) is 28.1. The van der Waals surface area contributed by atoms with Gasteiger partial charge in [-0.05, 0) is 84.7 Å². The van der Waals surface area contributed by atoms with Crippen molar-refractivity contribution in [2.45, 2.75) is 63.4 Å². The number of nitrogens with zero attached hydrogens (tertiary/aromatic N) is 1. The van der Waals surface area contributed by atoms with Gasteiger partial charge in [-0.1, -0.05) is 52.6 Å². The number of rotatable bonds is 13. The Morgan fingerprint density at radius 1 is 1.06 bits per heavy atom. The van der Waals surface area contributed by atoms with Crippen LogP contribution in [0.2, 0.25) is 10.0 Å². The van der Waals surface area contributed by atoms with Gasteiger partial charge in [0.25, 0.3) is 0 Å². The van der Waals surface area contributed by atoms with Gasteiger partial charge in [-0.25, -0.2) is 13.6 Å². The molecule has 3 aromatic carbocycles. The number of aryl methyl sites for hydroxylation is 1. The van der Waals surface area contributed by atoms with Crippen LogP contribution in [-0.2, 0) is 29.1 Å². The molecule has 4 N–H and O–H groups in total. The van der Waals surface area contributed by atoms with Gasteiger partial charge in [-0.15, -0.1) is 0 Å². The van der Waals surface area contributed by atoms with Crippen molar-refractivity contribution in [2.24, 2.45) is 0 Å². The second kappa shape index (κ2) is 17.1. The van der Waals surface area contributed by atoms with Gasteiger partial charge in [-0.2, -0.15) is 0 Å². The number of carbonyl (C=O) groups is 1. The van der Waals surface area contributed by atoms with E-state index in [4.69, 9.17) is 37.2 Å². The van der Waals surface area contributed by atoms with Gasteiger partial charge < -0.3 is 35.1 Å². The summed E-state index contributed by atoms with van der Waals surface area (Å²) in [6.45, 7) is 3.08. The minimum atomic E-state index is -0.925. The second-order valence-electron chi connectivity index (χ2n) is 12.9. The SMILES string of the molecule is COCCCc1ccc(Cl)c(CNC2CC2)c1.O=C(O)C1=C(c2ccc(OCc3cc(-c4c(F)ccc(F)c4Cl)no3)cc2)C[C@@H]2CNC[C@H]1N2. The Kier molecular flexibility index (Phi) is 12.4. The number of hydrogen-bond donors (Lipinski definition) is 4. The lowest BCUT2D eigenvalue weighted by atomic mass is 9.84. The van der Waals surface area contributed by atoms with E-state index in [-0.39, 0.29) is 35.0 Å². The molecule has 7 rings (SSSR count). The van der Waals surface area contributed by atoms with E-state index in [0.29, 0.717) is 30.0 Å². The van der Waals surface area contributed by atoms with Crippen LogP contribution in [0.4, 0.5) is 8.78 Å². The quantitative estimate of drug-likeness (QED) is 0.0835. The summed E-state index contributed by atoms with van der Waals surface area (Å²) in [5, 5.41) is 24.2. The first kappa shape index (κ1) is 36.9. The molecule has 4 aromatic rings. The van der Waals surface area contributed by atoms with E-state index in [1.807, 2.05) is 18.2 Å². The van der Waals surface area contributed by atoms with Crippen molar-refractivity contribution in [2.75, 3.05) is 26.8 Å². The Bertz CT molecular complexity index is 1870. The highest BCUT2D eigenvalue weighted by molar-refractivity contribution is 6.33. The lowest BCUT2D eigenvalue weighted by Gasteiger charge is -2.38. The number of ether oxygens (including phenoxy) is 2. The number of aromatic nitrogens is 1. The summed E-state index contributed by atoms with van der Waals surface area (Å²) in [7, 11) is 1.74. The maximum absolute atomic E-state index is 14.1. The zero-order valence-corrected chi connectivity index (χ0v) is 29.6. The minimum Gasteiger partial charge on any atom is -0.486 e. The zero-order chi connectivity index (χ0) is 35.9. The van der Waals surface area contributed by atoms with Gasteiger partial charge >= 0.3 is 5.97 Å². The van der Waals surface area contributed by atoms with Crippen LogP contribution in [0.1, 0.15) is 48.1 Å². The normalized spacial score (nSPS) is 18.3. The average Bonchev–Trinajstić information content (AvgIpc) is 3.85. The first-order chi connectivity index (χ1) is 24.7. The Morgan fingerprint density at radius 3 is 2.59 bits per heavy atom. The molecule has 270 valence electrons. The summed E-state index contributed by atoms with van der Waals surface area (Å²) in [6.07, 6.45) is 5.36. The van der Waals surface area contributed by atoms with Gasteiger partial charge in [0.1, 0.15) is 29.7 Å². The average molecular weight is 742 g/mol. The molecule has 2 fully saturated rings. The number of hydrogen-bond acceptors (Lipinski definition) is 8. The molecule has 0 radical (unpaired) electrons. The number of fused-ring (bicyclic) bond motifs is 2. The van der Waals surface area contributed by atoms with Gasteiger partial charge in [0.05, 0.1) is 22.2 Å². The fourth-order valence-electron chi connectivity index (χ4n) is 6.29. The summed E-state index contributed by atoms with van der Waals surface area (Å²) in [6, 6.07) is 17.5. The van der Waals surface area contributed by atoms with E-state index in [0.717, 1.165) is 66.9 Å². The van der Waals surface area contributed by atoms with Crippen LogP contribution in [0.25, 0.3) is 16.8 Å². The number of piperazine rings is 1. The molecule has 1 saturated heterocycles. The molecule has 2 aliphatic heterocycles. The Morgan fingerprint density at radius 2 is 1.84 bits per heavy atom. The van der Waals surface area contributed by atoms with Gasteiger partial charge in [0.15, 0.2) is 5.76 Å². The third-order valence-corrected chi connectivity index (χ3v) is 9.79. The number of aliphatic carboxylic acids is 1. The van der Waals surface area contributed by atoms with Crippen LogP contribution in [0.15, 0.2) is 70.8 Å². The summed E-state index contributed by atoms with van der Waals surface area (Å²) >= 11 is 12.1. The predicted molar refractivity (Wildman–Crippen MR) is 192 cm³/mol. The van der Waals surface area contributed by atoms with Crippen LogP contribution < -0.4 is 20.7 Å². The highest BCUT2D eigenvalue weighted by Gasteiger charge is 2.35. The molecule has 2 bridgehead atoms. The van der Waals surface area contributed by atoms with Crippen molar-refractivity contribution in [3.8, 4) is 17.0 Å². The lowest BCUT2D eigenvalue weighted by molar-refractivity contribution is -0.133. The summed E-state index contributed by atoms with van der Waals surface area (Å²) < 4.78 is 43.8. The molecule has 3 aliphatic rings.